The predicted molar refractivity (Wildman–Crippen MR) is 123 cm³/mol. The SMILES string of the molecule is CCNC(=NCc1ccnc(N(C)C)c1)NCC1COc2ccccc2O1.I. The first-order valence-electron chi connectivity index (χ1n) is 9.18. The van der Waals surface area contributed by atoms with Crippen LogP contribution >= 0.6 is 24.0 Å². The number of aromatic nitrogens is 1. The van der Waals surface area contributed by atoms with E-state index in [2.05, 4.69) is 20.6 Å². The Morgan fingerprint density at radius 3 is 2.75 bits per heavy atom. The summed E-state index contributed by atoms with van der Waals surface area (Å²) in [7, 11) is 3.96. The second-order valence-electron chi connectivity index (χ2n) is 6.49. The second kappa shape index (κ2) is 10.9. The zero-order valence-corrected chi connectivity index (χ0v) is 18.8. The lowest BCUT2D eigenvalue weighted by molar-refractivity contribution is 0.0936. The van der Waals surface area contributed by atoms with Gasteiger partial charge in [-0.05, 0) is 36.8 Å². The summed E-state index contributed by atoms with van der Waals surface area (Å²) < 4.78 is 11.7. The first kappa shape index (κ1) is 22.1. The number of pyridine rings is 1. The minimum Gasteiger partial charge on any atom is -0.486 e. The fourth-order valence-electron chi connectivity index (χ4n) is 2.69. The molecule has 0 spiro atoms. The molecule has 0 radical (unpaired) electrons. The fraction of sp³-hybridized carbons (Fsp3) is 0.400. The van der Waals surface area contributed by atoms with Crippen molar-refractivity contribution in [3.63, 3.8) is 0 Å². The van der Waals surface area contributed by atoms with Crippen molar-refractivity contribution in [2.45, 2.75) is 19.6 Å². The number of anilines is 1. The van der Waals surface area contributed by atoms with Gasteiger partial charge in [0.15, 0.2) is 17.5 Å². The Bertz CT molecular complexity index is 785. The standard InChI is InChI=1S/C20H27N5O2.HI/c1-4-21-20(23-12-15-9-10-22-19(11-15)25(2)3)24-13-16-14-26-17-7-5-6-8-18(17)27-16;/h5-11,16H,4,12-14H2,1-3H3,(H2,21,23,24);1H. The van der Waals surface area contributed by atoms with Crippen molar-refractivity contribution in [3.05, 3.63) is 48.2 Å². The Labute approximate surface area is 183 Å². The van der Waals surface area contributed by atoms with Crippen LogP contribution in [0.4, 0.5) is 5.82 Å². The molecule has 8 heteroatoms. The van der Waals surface area contributed by atoms with Crippen molar-refractivity contribution in [2.75, 3.05) is 38.7 Å². The van der Waals surface area contributed by atoms with Crippen molar-refractivity contribution in [1.82, 2.24) is 15.6 Å². The largest absolute Gasteiger partial charge is 0.486 e. The Kier molecular flexibility index (Phi) is 8.62. The van der Waals surface area contributed by atoms with Crippen LogP contribution < -0.4 is 25.0 Å². The van der Waals surface area contributed by atoms with Crippen LogP contribution in [-0.4, -0.2) is 50.8 Å². The van der Waals surface area contributed by atoms with Crippen molar-refractivity contribution >= 4 is 35.8 Å². The molecule has 1 aromatic carbocycles. The highest BCUT2D eigenvalue weighted by Gasteiger charge is 2.20. The molecule has 152 valence electrons. The van der Waals surface area contributed by atoms with E-state index in [-0.39, 0.29) is 30.1 Å². The van der Waals surface area contributed by atoms with Gasteiger partial charge in [-0.2, -0.15) is 0 Å². The Morgan fingerprint density at radius 1 is 1.21 bits per heavy atom. The van der Waals surface area contributed by atoms with E-state index in [0.29, 0.717) is 19.7 Å². The fourth-order valence-corrected chi connectivity index (χ4v) is 2.69. The van der Waals surface area contributed by atoms with E-state index in [9.17, 15) is 0 Å². The van der Waals surface area contributed by atoms with E-state index < -0.39 is 0 Å². The first-order valence-corrected chi connectivity index (χ1v) is 9.18. The molecule has 28 heavy (non-hydrogen) atoms. The van der Waals surface area contributed by atoms with Gasteiger partial charge in [-0.3, -0.25) is 0 Å². The van der Waals surface area contributed by atoms with Crippen LogP contribution in [0.25, 0.3) is 0 Å². The molecular formula is C20H28IN5O2. The number of hydrogen-bond donors (Lipinski definition) is 2. The highest BCUT2D eigenvalue weighted by Crippen LogP contribution is 2.30. The number of para-hydroxylation sites is 2. The highest BCUT2D eigenvalue weighted by atomic mass is 127. The third-order valence-corrected chi connectivity index (χ3v) is 4.10. The summed E-state index contributed by atoms with van der Waals surface area (Å²) in [5, 5.41) is 6.60. The van der Waals surface area contributed by atoms with Crippen molar-refractivity contribution in [2.24, 2.45) is 4.99 Å². The number of fused-ring (bicyclic) bond motifs is 1. The molecule has 1 atom stereocenters. The lowest BCUT2D eigenvalue weighted by atomic mass is 10.2. The average molecular weight is 497 g/mol. The molecule has 1 aliphatic rings. The predicted octanol–water partition coefficient (Wildman–Crippen LogP) is 2.66. The second-order valence-corrected chi connectivity index (χ2v) is 6.49. The van der Waals surface area contributed by atoms with Crippen molar-refractivity contribution in [3.8, 4) is 11.5 Å². The summed E-state index contributed by atoms with van der Waals surface area (Å²) >= 11 is 0. The number of rotatable bonds is 6. The van der Waals surface area contributed by atoms with Gasteiger partial charge in [-0.15, -0.1) is 24.0 Å². The maximum atomic E-state index is 5.98. The van der Waals surface area contributed by atoms with Gasteiger partial charge < -0.3 is 25.0 Å². The smallest absolute Gasteiger partial charge is 0.191 e. The quantitative estimate of drug-likeness (QED) is 0.364. The molecule has 1 unspecified atom stereocenters. The minimum atomic E-state index is -0.0648. The van der Waals surface area contributed by atoms with Crippen LogP contribution in [0.5, 0.6) is 11.5 Å². The first-order chi connectivity index (χ1) is 13.2. The van der Waals surface area contributed by atoms with E-state index >= 15 is 0 Å². The Hall–Kier alpha value is -2.23. The summed E-state index contributed by atoms with van der Waals surface area (Å²) in [6.07, 6.45) is 1.75. The van der Waals surface area contributed by atoms with Crippen molar-refractivity contribution in [1.29, 1.82) is 0 Å². The Balaban J connectivity index is 0.00000280. The molecule has 3 rings (SSSR count). The molecule has 2 aromatic rings. The molecule has 0 bridgehead atoms. The number of halogens is 1. The molecule has 7 nitrogen and oxygen atoms in total. The van der Waals surface area contributed by atoms with E-state index in [4.69, 9.17) is 9.47 Å². The van der Waals surface area contributed by atoms with Gasteiger partial charge in [0.25, 0.3) is 0 Å². The number of nitrogens with one attached hydrogen (secondary N) is 2. The molecule has 0 saturated carbocycles. The van der Waals surface area contributed by atoms with Crippen LogP contribution in [0, 0.1) is 0 Å². The van der Waals surface area contributed by atoms with Gasteiger partial charge in [-0.1, -0.05) is 12.1 Å². The Morgan fingerprint density at radius 2 is 2.00 bits per heavy atom. The van der Waals surface area contributed by atoms with E-state index in [1.54, 1.807) is 0 Å². The number of aliphatic imine (C=N–C) groups is 1. The van der Waals surface area contributed by atoms with Gasteiger partial charge in [-0.25, -0.2) is 9.98 Å². The summed E-state index contributed by atoms with van der Waals surface area (Å²) in [5.41, 5.74) is 1.11. The van der Waals surface area contributed by atoms with Crippen LogP contribution in [0.15, 0.2) is 47.6 Å². The number of guanidine groups is 1. The van der Waals surface area contributed by atoms with E-state index in [1.165, 1.54) is 0 Å². The summed E-state index contributed by atoms with van der Waals surface area (Å²) in [4.78, 5) is 11.0. The van der Waals surface area contributed by atoms with E-state index in [1.807, 2.05) is 68.5 Å². The lowest BCUT2D eigenvalue weighted by Crippen LogP contribution is -2.45. The van der Waals surface area contributed by atoms with Crippen LogP contribution in [0.2, 0.25) is 0 Å². The number of hydrogen-bond acceptors (Lipinski definition) is 5. The van der Waals surface area contributed by atoms with E-state index in [0.717, 1.165) is 35.4 Å². The highest BCUT2D eigenvalue weighted by molar-refractivity contribution is 14.0. The molecule has 1 aromatic heterocycles. The topological polar surface area (TPSA) is 71.0 Å². The van der Waals surface area contributed by atoms with Crippen molar-refractivity contribution < 1.29 is 9.47 Å². The van der Waals surface area contributed by atoms with Crippen LogP contribution in [-0.2, 0) is 6.54 Å². The van der Waals surface area contributed by atoms with Crippen LogP contribution in [0.3, 0.4) is 0 Å². The maximum Gasteiger partial charge on any atom is 0.191 e. The van der Waals surface area contributed by atoms with Gasteiger partial charge in [0.05, 0.1) is 13.1 Å². The normalized spacial score (nSPS) is 15.4. The maximum absolute atomic E-state index is 5.98. The van der Waals surface area contributed by atoms with Gasteiger partial charge in [0, 0.05) is 26.8 Å². The van der Waals surface area contributed by atoms with Gasteiger partial charge in [0.2, 0.25) is 0 Å². The molecule has 0 amide bonds. The van der Waals surface area contributed by atoms with Gasteiger partial charge in [0.1, 0.15) is 18.5 Å². The number of nitrogens with zero attached hydrogens (tertiary/aromatic N) is 3. The third kappa shape index (κ3) is 6.15. The zero-order chi connectivity index (χ0) is 19.1. The molecule has 1 aliphatic heterocycles. The molecular weight excluding hydrogens is 469 g/mol. The monoisotopic (exact) mass is 497 g/mol. The molecule has 0 aliphatic carbocycles. The third-order valence-electron chi connectivity index (χ3n) is 4.10. The molecule has 0 fully saturated rings. The number of benzene rings is 1. The summed E-state index contributed by atoms with van der Waals surface area (Å²) in [6.45, 7) is 4.53. The zero-order valence-electron chi connectivity index (χ0n) is 16.5. The lowest BCUT2D eigenvalue weighted by Gasteiger charge is -2.27. The summed E-state index contributed by atoms with van der Waals surface area (Å²) in [5.74, 6) is 3.25. The summed E-state index contributed by atoms with van der Waals surface area (Å²) in [6, 6.07) is 11.8. The van der Waals surface area contributed by atoms with Gasteiger partial charge >= 0.3 is 0 Å². The molecule has 0 saturated heterocycles. The number of ether oxygens (including phenoxy) is 2. The average Bonchev–Trinajstić information content (AvgIpc) is 2.70. The molecule has 2 heterocycles. The molecule has 2 N–H and O–H groups in total. The minimum absolute atomic E-state index is 0. The van der Waals surface area contributed by atoms with Crippen LogP contribution in [0.1, 0.15) is 12.5 Å².